The van der Waals surface area contributed by atoms with Crippen molar-refractivity contribution >= 4 is 17.1 Å². The fraction of sp³-hybridized carbons (Fsp3) is 0.143. The number of nitro benzene ring substituents is 1. The van der Waals surface area contributed by atoms with Gasteiger partial charge in [-0.05, 0) is 43.2 Å². The molecule has 0 aliphatic heterocycles. The van der Waals surface area contributed by atoms with Crippen molar-refractivity contribution in [2.45, 2.75) is 13.8 Å². The molecule has 0 atom stereocenters. The summed E-state index contributed by atoms with van der Waals surface area (Å²) < 4.78 is 0. The molecule has 0 aliphatic carbocycles. The number of azo groups is 1. The lowest BCUT2D eigenvalue weighted by Crippen LogP contribution is -1.88. The number of aromatic hydroxyl groups is 1. The summed E-state index contributed by atoms with van der Waals surface area (Å²) in [4.78, 5) is 10.5. The van der Waals surface area contributed by atoms with E-state index in [0.717, 1.165) is 11.1 Å². The molecule has 0 radical (unpaired) electrons. The maximum absolute atomic E-state index is 11.0. The molecule has 0 bridgehead atoms. The summed E-state index contributed by atoms with van der Waals surface area (Å²) in [5, 5.41) is 28.4. The Kier molecular flexibility index (Phi) is 3.74. The van der Waals surface area contributed by atoms with Crippen LogP contribution < -0.4 is 0 Å². The number of nitro groups is 1. The molecule has 0 fully saturated rings. The predicted molar refractivity (Wildman–Crippen MR) is 74.9 cm³/mol. The molecule has 102 valence electrons. The van der Waals surface area contributed by atoms with Crippen molar-refractivity contribution in [3.63, 3.8) is 0 Å². The van der Waals surface area contributed by atoms with E-state index in [1.165, 1.54) is 18.2 Å². The minimum Gasteiger partial charge on any atom is -0.506 e. The summed E-state index contributed by atoms with van der Waals surface area (Å²) in [6.45, 7) is 3.62. The van der Waals surface area contributed by atoms with Crippen LogP contribution in [0.3, 0.4) is 0 Å². The van der Waals surface area contributed by atoms with Crippen molar-refractivity contribution in [3.8, 4) is 5.75 Å². The Hall–Kier alpha value is -2.76. The molecule has 2 aromatic rings. The van der Waals surface area contributed by atoms with Gasteiger partial charge in [0.05, 0.1) is 4.92 Å². The molecule has 0 aliphatic rings. The average molecular weight is 271 g/mol. The van der Waals surface area contributed by atoms with Crippen LogP contribution in [0.25, 0.3) is 0 Å². The third-order valence-corrected chi connectivity index (χ3v) is 2.72. The van der Waals surface area contributed by atoms with Gasteiger partial charge in [-0.2, -0.15) is 0 Å². The van der Waals surface area contributed by atoms with Crippen LogP contribution in [0.2, 0.25) is 0 Å². The summed E-state index contributed by atoms with van der Waals surface area (Å²) >= 11 is 0. The Morgan fingerprint density at radius 1 is 1.00 bits per heavy atom. The molecule has 0 unspecified atom stereocenters. The summed E-state index contributed by atoms with van der Waals surface area (Å²) in [5.74, 6) is -0.0193. The van der Waals surface area contributed by atoms with Gasteiger partial charge in [-0.25, -0.2) is 0 Å². The van der Waals surface area contributed by atoms with Gasteiger partial charge < -0.3 is 5.11 Å². The van der Waals surface area contributed by atoms with Crippen molar-refractivity contribution in [1.29, 1.82) is 0 Å². The zero-order valence-corrected chi connectivity index (χ0v) is 11.1. The zero-order valence-electron chi connectivity index (χ0n) is 11.1. The van der Waals surface area contributed by atoms with E-state index in [4.69, 9.17) is 0 Å². The highest BCUT2D eigenvalue weighted by Gasteiger charge is 2.13. The van der Waals surface area contributed by atoms with Crippen LogP contribution in [0.5, 0.6) is 5.75 Å². The minimum absolute atomic E-state index is 0.0193. The Labute approximate surface area is 115 Å². The van der Waals surface area contributed by atoms with Crippen LogP contribution in [0.15, 0.2) is 46.6 Å². The van der Waals surface area contributed by atoms with Gasteiger partial charge in [0.1, 0.15) is 11.4 Å². The van der Waals surface area contributed by atoms with E-state index in [1.54, 1.807) is 25.1 Å². The molecule has 6 nitrogen and oxygen atoms in total. The summed E-state index contributed by atoms with van der Waals surface area (Å²) in [6.07, 6.45) is 0. The van der Waals surface area contributed by atoms with Gasteiger partial charge in [-0.15, -0.1) is 10.2 Å². The van der Waals surface area contributed by atoms with Crippen LogP contribution in [-0.2, 0) is 0 Å². The van der Waals surface area contributed by atoms with E-state index in [-0.39, 0.29) is 22.8 Å². The van der Waals surface area contributed by atoms with Crippen LogP contribution >= 0.6 is 0 Å². The quantitative estimate of drug-likeness (QED) is 0.511. The first kappa shape index (κ1) is 13.7. The Balaban J connectivity index is 2.41. The summed E-state index contributed by atoms with van der Waals surface area (Å²) in [7, 11) is 0. The smallest absolute Gasteiger partial charge is 0.296 e. The fourth-order valence-corrected chi connectivity index (χ4v) is 1.69. The molecule has 0 spiro atoms. The molecule has 2 rings (SSSR count). The lowest BCUT2D eigenvalue weighted by molar-refractivity contribution is -0.384. The van der Waals surface area contributed by atoms with Gasteiger partial charge in [-0.1, -0.05) is 12.1 Å². The van der Waals surface area contributed by atoms with Gasteiger partial charge in [-0.3, -0.25) is 10.1 Å². The molecule has 0 heterocycles. The first-order valence-electron chi connectivity index (χ1n) is 5.94. The molecule has 0 saturated carbocycles. The second-order valence-corrected chi connectivity index (χ2v) is 4.44. The third kappa shape index (κ3) is 2.97. The van der Waals surface area contributed by atoms with Gasteiger partial charge in [0.2, 0.25) is 0 Å². The minimum atomic E-state index is -0.503. The second-order valence-electron chi connectivity index (χ2n) is 4.44. The molecule has 0 saturated heterocycles. The Morgan fingerprint density at radius 2 is 1.60 bits per heavy atom. The number of hydrogen-bond acceptors (Lipinski definition) is 5. The topological polar surface area (TPSA) is 88.1 Å². The second kappa shape index (κ2) is 5.48. The largest absolute Gasteiger partial charge is 0.506 e. The van der Waals surface area contributed by atoms with E-state index in [2.05, 4.69) is 10.2 Å². The van der Waals surface area contributed by atoms with Crippen molar-refractivity contribution in [2.24, 2.45) is 10.2 Å². The van der Waals surface area contributed by atoms with Crippen LogP contribution in [0.1, 0.15) is 11.1 Å². The SMILES string of the molecule is Cc1ccc(O)c(/N=N/c2ccc(C)cc2[N+](=O)[O-])c1. The molecule has 6 heteroatoms. The van der Waals surface area contributed by atoms with Crippen LogP contribution in [-0.4, -0.2) is 10.0 Å². The number of aryl methyl sites for hydroxylation is 2. The van der Waals surface area contributed by atoms with E-state index < -0.39 is 4.92 Å². The molecular weight excluding hydrogens is 258 g/mol. The third-order valence-electron chi connectivity index (χ3n) is 2.72. The van der Waals surface area contributed by atoms with E-state index in [1.807, 2.05) is 6.92 Å². The number of hydrogen-bond donors (Lipinski definition) is 1. The van der Waals surface area contributed by atoms with Gasteiger partial charge in [0, 0.05) is 6.07 Å². The van der Waals surface area contributed by atoms with Crippen molar-refractivity contribution < 1.29 is 10.0 Å². The monoisotopic (exact) mass is 271 g/mol. The van der Waals surface area contributed by atoms with Crippen LogP contribution in [0, 0.1) is 24.0 Å². The van der Waals surface area contributed by atoms with Gasteiger partial charge in [0.25, 0.3) is 5.69 Å². The van der Waals surface area contributed by atoms with Crippen molar-refractivity contribution in [3.05, 3.63) is 57.6 Å². The van der Waals surface area contributed by atoms with E-state index in [0.29, 0.717) is 0 Å². The van der Waals surface area contributed by atoms with Crippen molar-refractivity contribution in [2.75, 3.05) is 0 Å². The lowest BCUT2D eigenvalue weighted by Gasteiger charge is -2.00. The molecular formula is C14H13N3O3. The Morgan fingerprint density at radius 3 is 2.30 bits per heavy atom. The number of nitrogens with zero attached hydrogens (tertiary/aromatic N) is 3. The zero-order chi connectivity index (χ0) is 14.7. The standard InChI is InChI=1S/C14H13N3O3/c1-9-4-6-14(18)12(7-9)16-15-11-5-3-10(2)8-13(11)17(19)20/h3-8,18H,1-2H3/b16-15+. The maximum atomic E-state index is 11.0. The lowest BCUT2D eigenvalue weighted by atomic mass is 10.2. The number of rotatable bonds is 3. The molecule has 2 aromatic carbocycles. The molecule has 0 aromatic heterocycles. The fourth-order valence-electron chi connectivity index (χ4n) is 1.69. The normalized spacial score (nSPS) is 10.9. The highest BCUT2D eigenvalue weighted by Crippen LogP contribution is 2.32. The number of benzene rings is 2. The van der Waals surface area contributed by atoms with E-state index in [9.17, 15) is 15.2 Å². The average Bonchev–Trinajstić information content (AvgIpc) is 2.40. The first-order chi connectivity index (χ1) is 9.47. The molecule has 0 amide bonds. The van der Waals surface area contributed by atoms with Crippen molar-refractivity contribution in [1.82, 2.24) is 0 Å². The first-order valence-corrected chi connectivity index (χ1v) is 5.94. The number of phenols is 1. The molecule has 20 heavy (non-hydrogen) atoms. The van der Waals surface area contributed by atoms with Crippen LogP contribution in [0.4, 0.5) is 17.1 Å². The number of phenolic OH excluding ortho intramolecular Hbond substituents is 1. The highest BCUT2D eigenvalue weighted by molar-refractivity contribution is 5.59. The highest BCUT2D eigenvalue weighted by atomic mass is 16.6. The predicted octanol–water partition coefficient (Wildman–Crippen LogP) is 4.33. The summed E-state index contributed by atoms with van der Waals surface area (Å²) in [5.41, 5.74) is 2.01. The Bertz CT molecular complexity index is 696. The summed E-state index contributed by atoms with van der Waals surface area (Å²) in [6, 6.07) is 9.58. The van der Waals surface area contributed by atoms with E-state index >= 15 is 0 Å². The van der Waals surface area contributed by atoms with Gasteiger partial charge >= 0.3 is 0 Å². The maximum Gasteiger partial charge on any atom is 0.296 e. The molecule has 1 N–H and O–H groups in total. The van der Waals surface area contributed by atoms with Gasteiger partial charge in [0.15, 0.2) is 5.69 Å².